The van der Waals surface area contributed by atoms with Gasteiger partial charge in [0, 0.05) is 29.6 Å². The third-order valence-electron chi connectivity index (χ3n) is 3.95. The molecule has 2 aromatic heterocycles. The van der Waals surface area contributed by atoms with Gasteiger partial charge in [-0.15, -0.1) is 0 Å². The van der Waals surface area contributed by atoms with Gasteiger partial charge in [0.25, 0.3) is 0 Å². The minimum atomic E-state index is -4.53. The van der Waals surface area contributed by atoms with Crippen LogP contribution in [-0.2, 0) is 6.18 Å². The summed E-state index contributed by atoms with van der Waals surface area (Å²) in [6, 6.07) is 6.85. The number of rotatable bonds is 5. The van der Waals surface area contributed by atoms with Crippen molar-refractivity contribution in [1.82, 2.24) is 9.66 Å². The summed E-state index contributed by atoms with van der Waals surface area (Å²) >= 11 is 0. The van der Waals surface area contributed by atoms with Gasteiger partial charge in [-0.2, -0.15) is 13.2 Å². The molecule has 1 aromatic carbocycles. The first kappa shape index (κ1) is 16.4. The molecule has 0 amide bonds. The minimum absolute atomic E-state index is 0.0457. The fraction of sp³-hybridized carbons (Fsp3) is 0.353. The van der Waals surface area contributed by atoms with Gasteiger partial charge in [0.05, 0.1) is 12.6 Å². The molecule has 0 unspecified atom stereocenters. The molecule has 0 aliphatic carbocycles. The molecular formula is C17H18F3N3O. The zero-order valence-electron chi connectivity index (χ0n) is 13.4. The van der Waals surface area contributed by atoms with Gasteiger partial charge in [0.15, 0.2) is 5.69 Å². The second-order valence-electron chi connectivity index (χ2n) is 5.53. The number of nitrogens with one attached hydrogen (secondary N) is 1. The van der Waals surface area contributed by atoms with Crippen molar-refractivity contribution >= 4 is 21.8 Å². The van der Waals surface area contributed by atoms with E-state index in [-0.39, 0.29) is 5.52 Å². The summed E-state index contributed by atoms with van der Waals surface area (Å²) in [6.45, 7) is 2.60. The van der Waals surface area contributed by atoms with Gasteiger partial charge in [0.2, 0.25) is 0 Å². The second kappa shape index (κ2) is 6.22. The molecule has 128 valence electrons. The van der Waals surface area contributed by atoms with Crippen molar-refractivity contribution in [2.24, 2.45) is 0 Å². The van der Waals surface area contributed by atoms with Crippen LogP contribution >= 0.6 is 0 Å². The Balaban J connectivity index is 2.33. The molecule has 0 saturated heterocycles. The smallest absolute Gasteiger partial charge is 0.435 e. The summed E-state index contributed by atoms with van der Waals surface area (Å²) in [6.07, 6.45) is -1.53. The lowest BCUT2D eigenvalue weighted by Crippen LogP contribution is -2.18. The van der Waals surface area contributed by atoms with Crippen LogP contribution in [0.15, 0.2) is 30.5 Å². The number of nitrogens with zero attached hydrogens (tertiary/aromatic N) is 2. The predicted octanol–water partition coefficient (Wildman–Crippen LogP) is 4.56. The monoisotopic (exact) mass is 337 g/mol. The quantitative estimate of drug-likeness (QED) is 0.694. The molecule has 0 bridgehead atoms. The molecule has 0 radical (unpaired) electrons. The largest absolute Gasteiger partial charge is 0.497 e. The summed E-state index contributed by atoms with van der Waals surface area (Å²) in [5.74, 6) is 0.588. The van der Waals surface area contributed by atoms with Crippen LogP contribution in [0.1, 0.15) is 25.5 Å². The molecule has 0 aliphatic rings. The first-order valence-electron chi connectivity index (χ1n) is 7.75. The molecule has 0 aliphatic heterocycles. The molecule has 0 atom stereocenters. The molecule has 0 saturated carbocycles. The van der Waals surface area contributed by atoms with Crippen molar-refractivity contribution in [3.63, 3.8) is 0 Å². The Kier molecular flexibility index (Phi) is 4.26. The summed E-state index contributed by atoms with van der Waals surface area (Å²) in [4.78, 5) is 3.59. The maximum absolute atomic E-state index is 13.4. The number of hydrogen-bond acceptors (Lipinski definition) is 3. The molecule has 4 nitrogen and oxygen atoms in total. The van der Waals surface area contributed by atoms with Crippen LogP contribution in [0.4, 0.5) is 13.2 Å². The van der Waals surface area contributed by atoms with E-state index in [1.165, 1.54) is 18.0 Å². The first-order valence-corrected chi connectivity index (χ1v) is 7.75. The van der Waals surface area contributed by atoms with Crippen molar-refractivity contribution in [2.75, 3.05) is 19.1 Å². The van der Waals surface area contributed by atoms with Crippen LogP contribution in [-0.4, -0.2) is 23.3 Å². The highest BCUT2D eigenvalue weighted by Gasteiger charge is 2.36. The third-order valence-corrected chi connectivity index (χ3v) is 3.95. The standard InChI is InChI=1S/C17H18F3N3O/c1-3-4-8-22-23-14-10-11(24-2)5-6-12(14)13-7-9-21-16(15(13)23)17(18,19)20/h5-7,9-10,22H,3-4,8H2,1-2H3. The predicted molar refractivity (Wildman–Crippen MR) is 87.9 cm³/mol. The van der Waals surface area contributed by atoms with Gasteiger partial charge in [-0.25, -0.2) is 4.98 Å². The maximum Gasteiger partial charge on any atom is 0.435 e. The highest BCUT2D eigenvalue weighted by Crippen LogP contribution is 2.38. The van der Waals surface area contributed by atoms with Crippen LogP contribution in [0.2, 0.25) is 0 Å². The normalized spacial score (nSPS) is 12.0. The van der Waals surface area contributed by atoms with Gasteiger partial charge < -0.3 is 10.2 Å². The molecule has 2 heterocycles. The Morgan fingerprint density at radius 3 is 2.67 bits per heavy atom. The van der Waals surface area contributed by atoms with Gasteiger partial charge in [-0.3, -0.25) is 4.68 Å². The van der Waals surface area contributed by atoms with Gasteiger partial charge in [0.1, 0.15) is 11.3 Å². The van der Waals surface area contributed by atoms with Crippen LogP contribution in [0.25, 0.3) is 21.8 Å². The Morgan fingerprint density at radius 2 is 2.00 bits per heavy atom. The molecular weight excluding hydrogens is 319 g/mol. The van der Waals surface area contributed by atoms with E-state index in [1.807, 2.05) is 6.92 Å². The highest BCUT2D eigenvalue weighted by atomic mass is 19.4. The molecule has 3 rings (SSSR count). The van der Waals surface area contributed by atoms with E-state index in [0.717, 1.165) is 18.2 Å². The lowest BCUT2D eigenvalue weighted by Gasteiger charge is -2.14. The number of benzene rings is 1. The number of alkyl halides is 3. The minimum Gasteiger partial charge on any atom is -0.497 e. The van der Waals surface area contributed by atoms with E-state index < -0.39 is 11.9 Å². The van der Waals surface area contributed by atoms with E-state index in [9.17, 15) is 13.2 Å². The van der Waals surface area contributed by atoms with E-state index in [1.54, 1.807) is 24.3 Å². The molecule has 24 heavy (non-hydrogen) atoms. The van der Waals surface area contributed by atoms with Gasteiger partial charge in [-0.05, 0) is 24.6 Å². The zero-order chi connectivity index (χ0) is 17.3. The Morgan fingerprint density at radius 1 is 1.21 bits per heavy atom. The summed E-state index contributed by atoms with van der Waals surface area (Å²) < 4.78 is 47.0. The molecule has 7 heteroatoms. The highest BCUT2D eigenvalue weighted by molar-refractivity contribution is 6.09. The van der Waals surface area contributed by atoms with Crippen LogP contribution in [0.3, 0.4) is 0 Å². The molecule has 0 spiro atoms. The van der Waals surface area contributed by atoms with Crippen LogP contribution < -0.4 is 10.2 Å². The average Bonchev–Trinajstić information content (AvgIpc) is 2.87. The van der Waals surface area contributed by atoms with Crippen molar-refractivity contribution < 1.29 is 17.9 Å². The summed E-state index contributed by atoms with van der Waals surface area (Å²) in [5.41, 5.74) is 2.89. The van der Waals surface area contributed by atoms with E-state index in [4.69, 9.17) is 4.74 Å². The lowest BCUT2D eigenvalue weighted by atomic mass is 10.1. The molecule has 3 aromatic rings. The van der Waals surface area contributed by atoms with Crippen molar-refractivity contribution in [3.8, 4) is 5.75 Å². The van der Waals surface area contributed by atoms with Crippen molar-refractivity contribution in [1.29, 1.82) is 0 Å². The number of methoxy groups -OCH3 is 1. The number of unbranched alkanes of at least 4 members (excludes halogenated alkanes) is 1. The second-order valence-corrected chi connectivity index (χ2v) is 5.53. The SMILES string of the molecule is CCCCNn1c2cc(OC)ccc2c2ccnc(C(F)(F)F)c21. The average molecular weight is 337 g/mol. The molecule has 1 N–H and O–H groups in total. The number of aromatic nitrogens is 2. The number of ether oxygens (including phenoxy) is 1. The van der Waals surface area contributed by atoms with Crippen molar-refractivity contribution in [3.05, 3.63) is 36.2 Å². The zero-order valence-corrected chi connectivity index (χ0v) is 13.4. The van der Waals surface area contributed by atoms with Crippen molar-refractivity contribution in [2.45, 2.75) is 25.9 Å². The third kappa shape index (κ3) is 2.74. The van der Waals surface area contributed by atoms with E-state index in [0.29, 0.717) is 23.2 Å². The number of hydrogen-bond donors (Lipinski definition) is 1. The fourth-order valence-electron chi connectivity index (χ4n) is 2.81. The van der Waals surface area contributed by atoms with Gasteiger partial charge >= 0.3 is 6.18 Å². The summed E-state index contributed by atoms with van der Waals surface area (Å²) in [5, 5.41) is 1.24. The molecule has 0 fully saturated rings. The Bertz CT molecular complexity index is 871. The Hall–Kier alpha value is -2.44. The first-order chi connectivity index (χ1) is 11.5. The van der Waals surface area contributed by atoms with Crippen LogP contribution in [0.5, 0.6) is 5.75 Å². The lowest BCUT2D eigenvalue weighted by molar-refractivity contribution is -0.140. The van der Waals surface area contributed by atoms with Gasteiger partial charge in [-0.1, -0.05) is 13.3 Å². The Labute approximate surface area is 137 Å². The van der Waals surface area contributed by atoms with Crippen LogP contribution in [0, 0.1) is 0 Å². The number of fused-ring (bicyclic) bond motifs is 3. The number of pyridine rings is 1. The summed E-state index contributed by atoms with van der Waals surface area (Å²) in [7, 11) is 1.53. The topological polar surface area (TPSA) is 39.1 Å². The number of halogens is 3. The van der Waals surface area contributed by atoms with E-state index >= 15 is 0 Å². The maximum atomic E-state index is 13.4. The van der Waals surface area contributed by atoms with E-state index in [2.05, 4.69) is 10.4 Å². The fourth-order valence-corrected chi connectivity index (χ4v) is 2.81.